The lowest BCUT2D eigenvalue weighted by molar-refractivity contribution is 0.0519. The van der Waals surface area contributed by atoms with E-state index in [-0.39, 0.29) is 5.97 Å². The van der Waals surface area contributed by atoms with Crippen LogP contribution in [0.15, 0.2) is 15.2 Å². The van der Waals surface area contributed by atoms with Gasteiger partial charge in [0.25, 0.3) is 0 Å². The minimum atomic E-state index is -0.348. The third-order valence-corrected chi connectivity index (χ3v) is 5.26. The highest BCUT2D eigenvalue weighted by Gasteiger charge is 2.18. The number of thiazole rings is 1. The average Bonchev–Trinajstić information content (AvgIpc) is 2.96. The number of hydrogen-bond acceptors (Lipinski definition) is 6. The Morgan fingerprint density at radius 3 is 2.90 bits per heavy atom. The van der Waals surface area contributed by atoms with E-state index in [1.165, 1.54) is 16.9 Å². The van der Waals surface area contributed by atoms with Gasteiger partial charge in [0.15, 0.2) is 10.8 Å². The van der Waals surface area contributed by atoms with Crippen LogP contribution in [0.3, 0.4) is 0 Å². The molecule has 108 valence electrons. The number of rotatable bonds is 5. The van der Waals surface area contributed by atoms with Gasteiger partial charge in [0.2, 0.25) is 0 Å². The summed E-state index contributed by atoms with van der Waals surface area (Å²) in [5.41, 5.74) is 1.64. The van der Waals surface area contributed by atoms with Crippen LogP contribution in [0.4, 0.5) is 5.13 Å². The fourth-order valence-electron chi connectivity index (χ4n) is 1.70. The van der Waals surface area contributed by atoms with Crippen molar-refractivity contribution in [3.05, 3.63) is 31.4 Å². The first-order valence-corrected chi connectivity index (χ1v) is 8.58. The number of nitrogens with zero attached hydrogens (tertiary/aromatic N) is 2. The number of anilines is 1. The summed E-state index contributed by atoms with van der Waals surface area (Å²) in [6, 6.07) is 2.09. The highest BCUT2D eigenvalue weighted by molar-refractivity contribution is 9.11. The van der Waals surface area contributed by atoms with Crippen molar-refractivity contribution in [2.45, 2.75) is 20.4 Å². The van der Waals surface area contributed by atoms with Crippen LogP contribution in [-0.2, 0) is 11.3 Å². The fourth-order valence-corrected chi connectivity index (χ4v) is 3.76. The van der Waals surface area contributed by atoms with E-state index in [1.807, 2.05) is 18.9 Å². The van der Waals surface area contributed by atoms with Gasteiger partial charge in [-0.3, -0.25) is 0 Å². The molecule has 20 heavy (non-hydrogen) atoms. The highest BCUT2D eigenvalue weighted by atomic mass is 79.9. The first-order valence-electron chi connectivity index (χ1n) is 6.09. The van der Waals surface area contributed by atoms with E-state index in [0.717, 1.165) is 20.3 Å². The van der Waals surface area contributed by atoms with Crippen LogP contribution in [0, 0.1) is 6.92 Å². The Balaban J connectivity index is 2.12. The van der Waals surface area contributed by atoms with Crippen molar-refractivity contribution < 1.29 is 9.53 Å². The molecule has 0 N–H and O–H groups in total. The van der Waals surface area contributed by atoms with Gasteiger partial charge in [-0.05, 0) is 46.8 Å². The zero-order valence-corrected chi connectivity index (χ0v) is 14.7. The Morgan fingerprint density at radius 2 is 2.30 bits per heavy atom. The summed E-state index contributed by atoms with van der Waals surface area (Å²) in [7, 11) is 1.97. The Kier molecular flexibility index (Phi) is 5.17. The second-order valence-corrected chi connectivity index (χ2v) is 7.71. The molecular formula is C13H15BrN2O2S2. The van der Waals surface area contributed by atoms with Crippen molar-refractivity contribution in [2.75, 3.05) is 18.6 Å². The van der Waals surface area contributed by atoms with Gasteiger partial charge in [0.05, 0.1) is 10.4 Å². The molecule has 0 radical (unpaired) electrons. The zero-order chi connectivity index (χ0) is 14.7. The largest absolute Gasteiger partial charge is 0.461 e. The van der Waals surface area contributed by atoms with Gasteiger partial charge in [-0.2, -0.15) is 0 Å². The molecule has 0 atom stereocenters. The molecule has 2 aromatic rings. The maximum atomic E-state index is 11.8. The van der Waals surface area contributed by atoms with Crippen LogP contribution < -0.4 is 4.90 Å². The molecular weight excluding hydrogens is 360 g/mol. The fraction of sp³-hybridized carbons (Fsp3) is 0.385. The zero-order valence-electron chi connectivity index (χ0n) is 11.5. The van der Waals surface area contributed by atoms with Gasteiger partial charge < -0.3 is 9.64 Å². The SMILES string of the molecule is CCOC(=O)c1nc(N(C)Cc2csc(Br)c2)sc1C. The van der Waals surface area contributed by atoms with Crippen molar-refractivity contribution in [3.8, 4) is 0 Å². The molecule has 0 spiro atoms. The normalized spacial score (nSPS) is 10.6. The van der Waals surface area contributed by atoms with Gasteiger partial charge in [-0.25, -0.2) is 9.78 Å². The van der Waals surface area contributed by atoms with Gasteiger partial charge in [0, 0.05) is 18.5 Å². The summed E-state index contributed by atoms with van der Waals surface area (Å²) in [6.07, 6.45) is 0. The molecule has 0 aliphatic rings. The number of carbonyl (C=O) groups is 1. The van der Waals surface area contributed by atoms with Crippen molar-refractivity contribution in [3.63, 3.8) is 0 Å². The molecule has 0 bridgehead atoms. The van der Waals surface area contributed by atoms with E-state index in [9.17, 15) is 4.79 Å². The number of aromatic nitrogens is 1. The van der Waals surface area contributed by atoms with Crippen LogP contribution in [0.5, 0.6) is 0 Å². The molecule has 0 aliphatic carbocycles. The lowest BCUT2D eigenvalue weighted by atomic mass is 10.3. The van der Waals surface area contributed by atoms with Crippen LogP contribution in [0.1, 0.15) is 27.9 Å². The number of aryl methyl sites for hydroxylation is 1. The van der Waals surface area contributed by atoms with Gasteiger partial charge in [0.1, 0.15) is 0 Å². The van der Waals surface area contributed by atoms with Gasteiger partial charge >= 0.3 is 5.97 Å². The molecule has 0 aliphatic heterocycles. The van der Waals surface area contributed by atoms with Crippen LogP contribution in [0.2, 0.25) is 0 Å². The van der Waals surface area contributed by atoms with E-state index in [0.29, 0.717) is 12.3 Å². The molecule has 4 nitrogen and oxygen atoms in total. The first kappa shape index (κ1) is 15.5. The number of thiophene rings is 1. The van der Waals surface area contributed by atoms with Crippen molar-refractivity contribution in [2.24, 2.45) is 0 Å². The summed E-state index contributed by atoms with van der Waals surface area (Å²) >= 11 is 6.62. The first-order chi connectivity index (χ1) is 9.51. The molecule has 2 heterocycles. The van der Waals surface area contributed by atoms with E-state index in [1.54, 1.807) is 18.3 Å². The van der Waals surface area contributed by atoms with E-state index < -0.39 is 0 Å². The Morgan fingerprint density at radius 1 is 1.55 bits per heavy atom. The topological polar surface area (TPSA) is 42.4 Å². The molecule has 2 rings (SSSR count). The smallest absolute Gasteiger partial charge is 0.358 e. The number of halogens is 1. The van der Waals surface area contributed by atoms with Crippen molar-refractivity contribution in [1.82, 2.24) is 4.98 Å². The molecule has 0 aromatic carbocycles. The number of esters is 1. The molecule has 2 aromatic heterocycles. The quantitative estimate of drug-likeness (QED) is 0.739. The van der Waals surface area contributed by atoms with Gasteiger partial charge in [-0.1, -0.05) is 0 Å². The second-order valence-electron chi connectivity index (χ2n) is 4.24. The maximum Gasteiger partial charge on any atom is 0.358 e. The van der Waals surface area contributed by atoms with Crippen LogP contribution in [-0.4, -0.2) is 24.6 Å². The standard InChI is InChI=1S/C13H15BrN2O2S2/c1-4-18-12(17)11-8(2)20-13(15-11)16(3)6-9-5-10(14)19-7-9/h5,7H,4,6H2,1-3H3. The molecule has 0 saturated carbocycles. The molecule has 7 heteroatoms. The van der Waals surface area contributed by atoms with Crippen LogP contribution >= 0.6 is 38.6 Å². The van der Waals surface area contributed by atoms with Crippen molar-refractivity contribution >= 4 is 49.7 Å². The third kappa shape index (κ3) is 3.59. The predicted octanol–water partition coefficient (Wildman–Crippen LogP) is 4.09. The Hall–Kier alpha value is -0.920. The number of hydrogen-bond donors (Lipinski definition) is 0. The lowest BCUT2D eigenvalue weighted by Gasteiger charge is -2.14. The molecule has 0 fully saturated rings. The minimum Gasteiger partial charge on any atom is -0.461 e. The average molecular weight is 375 g/mol. The lowest BCUT2D eigenvalue weighted by Crippen LogP contribution is -2.16. The minimum absolute atomic E-state index is 0.348. The van der Waals surface area contributed by atoms with Crippen LogP contribution in [0.25, 0.3) is 0 Å². The summed E-state index contributed by atoms with van der Waals surface area (Å²) < 4.78 is 6.12. The summed E-state index contributed by atoms with van der Waals surface area (Å²) in [4.78, 5) is 19.1. The number of ether oxygens (including phenoxy) is 1. The maximum absolute atomic E-state index is 11.8. The third-order valence-electron chi connectivity index (χ3n) is 2.62. The second kappa shape index (κ2) is 6.69. The van der Waals surface area contributed by atoms with E-state index >= 15 is 0 Å². The monoisotopic (exact) mass is 374 g/mol. The summed E-state index contributed by atoms with van der Waals surface area (Å²) in [5, 5.41) is 2.93. The predicted molar refractivity (Wildman–Crippen MR) is 86.9 cm³/mol. The Labute approximate surface area is 134 Å². The summed E-state index contributed by atoms with van der Waals surface area (Å²) in [6.45, 7) is 4.81. The molecule has 0 saturated heterocycles. The molecule has 0 unspecified atom stereocenters. The van der Waals surface area contributed by atoms with Gasteiger partial charge in [-0.15, -0.1) is 22.7 Å². The number of carbonyl (C=O) groups excluding carboxylic acids is 1. The van der Waals surface area contributed by atoms with E-state index in [4.69, 9.17) is 4.74 Å². The van der Waals surface area contributed by atoms with E-state index in [2.05, 4.69) is 32.4 Å². The van der Waals surface area contributed by atoms with Crippen molar-refractivity contribution in [1.29, 1.82) is 0 Å². The Bertz CT molecular complexity index is 609. The summed E-state index contributed by atoms with van der Waals surface area (Å²) in [5.74, 6) is -0.348. The highest BCUT2D eigenvalue weighted by Crippen LogP contribution is 2.28. The molecule has 0 amide bonds.